The highest BCUT2D eigenvalue weighted by Crippen LogP contribution is 2.37. The highest BCUT2D eigenvalue weighted by molar-refractivity contribution is 5.47. The second-order valence-electron chi connectivity index (χ2n) is 5.77. The zero-order valence-corrected chi connectivity index (χ0v) is 12.6. The average Bonchev–Trinajstić information content (AvgIpc) is 2.95. The fourth-order valence-electron chi connectivity index (χ4n) is 2.85. The van der Waals surface area contributed by atoms with Crippen LogP contribution < -0.4 is 10.6 Å². The number of rotatable bonds is 7. The highest BCUT2D eigenvalue weighted by Gasteiger charge is 2.33. The summed E-state index contributed by atoms with van der Waals surface area (Å²) in [5, 5.41) is 16.1. The van der Waals surface area contributed by atoms with Crippen LogP contribution in [0.2, 0.25) is 0 Å². The van der Waals surface area contributed by atoms with Crippen LogP contribution in [0.25, 0.3) is 0 Å². The Kier molecular flexibility index (Phi) is 5.17. The molecule has 0 atom stereocenters. The van der Waals surface area contributed by atoms with Gasteiger partial charge in [-0.3, -0.25) is 0 Å². The molecule has 0 bridgehead atoms. The van der Waals surface area contributed by atoms with E-state index >= 15 is 0 Å². The molecule has 1 aliphatic carbocycles. The van der Waals surface area contributed by atoms with Crippen LogP contribution in [0.4, 0.5) is 11.6 Å². The number of nitrogens with one attached hydrogen (secondary N) is 2. The molecule has 1 fully saturated rings. The van der Waals surface area contributed by atoms with E-state index in [1.54, 1.807) is 0 Å². The van der Waals surface area contributed by atoms with Gasteiger partial charge in [0.15, 0.2) is 0 Å². The maximum Gasteiger partial charge on any atom is 0.133 e. The van der Waals surface area contributed by atoms with E-state index in [4.69, 9.17) is 0 Å². The van der Waals surface area contributed by atoms with Gasteiger partial charge in [0.1, 0.15) is 17.5 Å². The van der Waals surface area contributed by atoms with Gasteiger partial charge in [0.25, 0.3) is 0 Å². The van der Waals surface area contributed by atoms with Gasteiger partial charge in [-0.15, -0.1) is 0 Å². The minimum Gasteiger partial charge on any atom is -0.396 e. The predicted octanol–water partition coefficient (Wildman–Crippen LogP) is 2.44. The molecule has 0 saturated heterocycles. The molecule has 0 radical (unpaired) electrons. The number of aryl methyl sites for hydroxylation is 1. The molecule has 20 heavy (non-hydrogen) atoms. The van der Waals surface area contributed by atoms with E-state index in [1.165, 1.54) is 12.8 Å². The molecule has 1 aromatic heterocycles. The van der Waals surface area contributed by atoms with Gasteiger partial charge in [-0.1, -0.05) is 19.8 Å². The van der Waals surface area contributed by atoms with Crippen molar-refractivity contribution in [3.05, 3.63) is 11.9 Å². The van der Waals surface area contributed by atoms with Crippen LogP contribution >= 0.6 is 0 Å². The molecule has 0 spiro atoms. The van der Waals surface area contributed by atoms with Crippen LogP contribution in [0.15, 0.2) is 6.07 Å². The molecule has 1 aromatic rings. The Morgan fingerprint density at radius 1 is 1.25 bits per heavy atom. The highest BCUT2D eigenvalue weighted by atomic mass is 16.3. The van der Waals surface area contributed by atoms with Crippen molar-refractivity contribution in [2.75, 3.05) is 30.8 Å². The lowest BCUT2D eigenvalue weighted by Gasteiger charge is -2.27. The maximum absolute atomic E-state index is 9.65. The first-order valence-corrected chi connectivity index (χ1v) is 7.62. The summed E-state index contributed by atoms with van der Waals surface area (Å²) < 4.78 is 0. The zero-order chi connectivity index (χ0) is 14.4. The molecule has 0 aliphatic heterocycles. The van der Waals surface area contributed by atoms with Crippen molar-refractivity contribution >= 4 is 11.6 Å². The van der Waals surface area contributed by atoms with Crippen LogP contribution in [0.5, 0.6) is 0 Å². The molecule has 1 saturated carbocycles. The van der Waals surface area contributed by atoms with Crippen LogP contribution in [0, 0.1) is 5.41 Å². The summed E-state index contributed by atoms with van der Waals surface area (Å²) in [7, 11) is 1.87. The first-order valence-electron chi connectivity index (χ1n) is 7.62. The summed E-state index contributed by atoms with van der Waals surface area (Å²) in [5.74, 6) is 2.56. The molecule has 5 heteroatoms. The van der Waals surface area contributed by atoms with Gasteiger partial charge in [-0.25, -0.2) is 9.97 Å². The number of anilines is 2. The Balaban J connectivity index is 2.06. The number of nitrogens with zero attached hydrogens (tertiary/aromatic N) is 2. The van der Waals surface area contributed by atoms with Crippen molar-refractivity contribution in [2.45, 2.75) is 45.4 Å². The van der Waals surface area contributed by atoms with E-state index in [0.29, 0.717) is 0 Å². The van der Waals surface area contributed by atoms with Gasteiger partial charge in [-0.2, -0.15) is 0 Å². The van der Waals surface area contributed by atoms with Gasteiger partial charge >= 0.3 is 0 Å². The van der Waals surface area contributed by atoms with E-state index in [9.17, 15) is 5.11 Å². The average molecular weight is 278 g/mol. The van der Waals surface area contributed by atoms with Crippen molar-refractivity contribution in [2.24, 2.45) is 5.41 Å². The van der Waals surface area contributed by atoms with E-state index in [1.807, 2.05) is 13.1 Å². The van der Waals surface area contributed by atoms with E-state index in [-0.39, 0.29) is 12.0 Å². The summed E-state index contributed by atoms with van der Waals surface area (Å²) in [4.78, 5) is 9.00. The molecule has 3 N–H and O–H groups in total. The number of hydrogen-bond donors (Lipinski definition) is 3. The lowest BCUT2D eigenvalue weighted by molar-refractivity contribution is 0.142. The summed E-state index contributed by atoms with van der Waals surface area (Å²) in [6.07, 6.45) is 6.55. The number of aliphatic hydroxyl groups excluding tert-OH is 1. The SMILES string of the molecule is CCCc1nc(NC)cc(NCC2(CO)CCCC2)n1. The van der Waals surface area contributed by atoms with Crippen LogP contribution in [0.3, 0.4) is 0 Å². The third kappa shape index (κ3) is 3.60. The number of aliphatic hydroxyl groups is 1. The maximum atomic E-state index is 9.65. The van der Waals surface area contributed by atoms with Crippen LogP contribution in [-0.2, 0) is 6.42 Å². The van der Waals surface area contributed by atoms with Crippen molar-refractivity contribution < 1.29 is 5.11 Å². The number of hydrogen-bond acceptors (Lipinski definition) is 5. The molecule has 0 amide bonds. The quantitative estimate of drug-likeness (QED) is 0.714. The Bertz CT molecular complexity index is 430. The Labute approximate surface area is 121 Å². The van der Waals surface area contributed by atoms with Gasteiger partial charge in [0, 0.05) is 31.5 Å². The molecule has 1 heterocycles. The molecule has 2 rings (SSSR count). The van der Waals surface area contributed by atoms with E-state index < -0.39 is 0 Å². The van der Waals surface area contributed by atoms with Crippen LogP contribution in [-0.4, -0.2) is 35.3 Å². The third-order valence-electron chi connectivity index (χ3n) is 4.15. The molecule has 0 aromatic carbocycles. The van der Waals surface area contributed by atoms with Crippen molar-refractivity contribution in [3.63, 3.8) is 0 Å². The minimum atomic E-state index is 0.0374. The predicted molar refractivity (Wildman–Crippen MR) is 82.1 cm³/mol. The monoisotopic (exact) mass is 278 g/mol. The lowest BCUT2D eigenvalue weighted by Crippen LogP contribution is -2.30. The summed E-state index contributed by atoms with van der Waals surface area (Å²) in [5.41, 5.74) is 0.0374. The van der Waals surface area contributed by atoms with Crippen molar-refractivity contribution in [1.29, 1.82) is 0 Å². The lowest BCUT2D eigenvalue weighted by atomic mass is 9.87. The molecular formula is C15H26N4O. The van der Waals surface area contributed by atoms with Gasteiger partial charge in [0.2, 0.25) is 0 Å². The zero-order valence-electron chi connectivity index (χ0n) is 12.6. The second-order valence-corrected chi connectivity index (χ2v) is 5.77. The van der Waals surface area contributed by atoms with Crippen molar-refractivity contribution in [1.82, 2.24) is 9.97 Å². The summed E-state index contributed by atoms with van der Waals surface area (Å²) in [6, 6.07) is 1.93. The molecule has 0 unspecified atom stereocenters. The van der Waals surface area contributed by atoms with E-state index in [2.05, 4.69) is 27.5 Å². The first-order chi connectivity index (χ1) is 9.71. The fourth-order valence-corrected chi connectivity index (χ4v) is 2.85. The fraction of sp³-hybridized carbons (Fsp3) is 0.733. The van der Waals surface area contributed by atoms with Gasteiger partial charge < -0.3 is 15.7 Å². The third-order valence-corrected chi connectivity index (χ3v) is 4.15. The second kappa shape index (κ2) is 6.88. The molecular weight excluding hydrogens is 252 g/mol. The number of aromatic nitrogens is 2. The Morgan fingerprint density at radius 2 is 1.95 bits per heavy atom. The first kappa shape index (κ1) is 15.0. The summed E-state index contributed by atoms with van der Waals surface area (Å²) >= 11 is 0. The smallest absolute Gasteiger partial charge is 0.133 e. The van der Waals surface area contributed by atoms with Crippen molar-refractivity contribution in [3.8, 4) is 0 Å². The Hall–Kier alpha value is -1.36. The van der Waals surface area contributed by atoms with E-state index in [0.717, 1.165) is 49.7 Å². The standard InChI is InChI=1S/C15H26N4O/c1-3-6-12-18-13(16-2)9-14(19-12)17-10-15(11-20)7-4-5-8-15/h9,20H,3-8,10-11H2,1-2H3,(H2,16,17,18,19). The Morgan fingerprint density at radius 3 is 2.55 bits per heavy atom. The van der Waals surface area contributed by atoms with Gasteiger partial charge in [-0.05, 0) is 19.3 Å². The summed E-state index contributed by atoms with van der Waals surface area (Å²) in [6.45, 7) is 3.17. The van der Waals surface area contributed by atoms with Crippen LogP contribution in [0.1, 0.15) is 44.9 Å². The molecule has 112 valence electrons. The normalized spacial score (nSPS) is 17.1. The minimum absolute atomic E-state index is 0.0374. The largest absolute Gasteiger partial charge is 0.396 e. The molecule has 5 nitrogen and oxygen atoms in total. The van der Waals surface area contributed by atoms with Gasteiger partial charge in [0.05, 0.1) is 6.61 Å². The topological polar surface area (TPSA) is 70.1 Å². The molecule has 1 aliphatic rings.